The molecule has 0 saturated carbocycles. The van der Waals surface area contributed by atoms with Gasteiger partial charge in [-0.15, -0.1) is 0 Å². The Balaban J connectivity index is 3.61. The van der Waals surface area contributed by atoms with Crippen molar-refractivity contribution in [3.8, 4) is 0 Å². The fourth-order valence-corrected chi connectivity index (χ4v) is 2.52. The Morgan fingerprint density at radius 2 is 1.17 bits per heavy atom. The highest BCUT2D eigenvalue weighted by molar-refractivity contribution is 8.23. The fourth-order valence-electron chi connectivity index (χ4n) is 0.647. The van der Waals surface area contributed by atoms with Gasteiger partial charge in [-0.3, -0.25) is 0 Å². The van der Waals surface area contributed by atoms with Gasteiger partial charge in [0.25, 0.3) is 0 Å². The third-order valence-electron chi connectivity index (χ3n) is 1.59. The van der Waals surface area contributed by atoms with E-state index in [4.69, 9.17) is 36.7 Å². The number of nitrogens with zero attached hydrogens (tertiary/aromatic N) is 2. The smallest absolute Gasteiger partial charge is 0.167 e. The van der Waals surface area contributed by atoms with Crippen LogP contribution in [0.1, 0.15) is 0 Å². The van der Waals surface area contributed by atoms with Crippen LogP contribution >= 0.6 is 60.2 Å². The molecule has 0 aromatic heterocycles. The first-order valence-electron chi connectivity index (χ1n) is 5.04. The molecular weight excluding hydrogens is 324 g/mol. The van der Waals surface area contributed by atoms with Gasteiger partial charge in [0.05, 0.1) is 11.8 Å². The third-order valence-corrected chi connectivity index (χ3v) is 5.11. The van der Waals surface area contributed by atoms with Crippen molar-refractivity contribution in [3.05, 3.63) is 0 Å². The van der Waals surface area contributed by atoms with Gasteiger partial charge in [-0.25, -0.2) is 0 Å². The van der Waals surface area contributed by atoms with Gasteiger partial charge in [0.2, 0.25) is 0 Å². The second kappa shape index (κ2) is 10.0. The number of thiocarbonyl (C=S) groups is 3. The molecule has 0 aliphatic rings. The Morgan fingerprint density at radius 1 is 0.833 bits per heavy atom. The number of hydrogen-bond donors (Lipinski definition) is 2. The predicted molar refractivity (Wildman–Crippen MR) is 96.4 cm³/mol. The number of rotatable bonds is 4. The number of thioether (sulfide) groups is 2. The Kier molecular flexibility index (Phi) is 10.1. The topological polar surface area (TPSA) is 30.5 Å². The zero-order chi connectivity index (χ0) is 14.1. The molecule has 0 aliphatic heterocycles. The van der Waals surface area contributed by atoms with Crippen LogP contribution in [0.25, 0.3) is 0 Å². The van der Waals surface area contributed by atoms with Crippen LogP contribution < -0.4 is 10.6 Å². The van der Waals surface area contributed by atoms with Crippen molar-refractivity contribution in [3.63, 3.8) is 0 Å². The maximum absolute atomic E-state index is 5.14. The minimum Gasteiger partial charge on any atom is -0.364 e. The van der Waals surface area contributed by atoms with E-state index in [1.807, 2.05) is 38.0 Å². The van der Waals surface area contributed by atoms with Gasteiger partial charge in [0.15, 0.2) is 5.11 Å². The Bertz CT molecular complexity index is 277. The highest BCUT2D eigenvalue weighted by Crippen LogP contribution is 2.05. The Morgan fingerprint density at radius 3 is 1.44 bits per heavy atom. The highest BCUT2D eigenvalue weighted by atomic mass is 32.2. The minimum absolute atomic E-state index is 0.609. The monoisotopic (exact) mass is 342 g/mol. The van der Waals surface area contributed by atoms with Crippen LogP contribution in [0.5, 0.6) is 0 Å². The molecular formula is C9H18N4S5. The fraction of sp³-hybridized carbons (Fsp3) is 0.667. The van der Waals surface area contributed by atoms with E-state index in [9.17, 15) is 0 Å². The molecule has 0 spiro atoms. The van der Waals surface area contributed by atoms with E-state index in [-0.39, 0.29) is 0 Å². The molecule has 0 unspecified atom stereocenters. The molecule has 0 fully saturated rings. The first kappa shape index (κ1) is 18.2. The second-order valence-corrected chi connectivity index (χ2v) is 7.21. The molecule has 0 rings (SSSR count). The first-order chi connectivity index (χ1) is 8.34. The molecule has 0 amide bonds. The van der Waals surface area contributed by atoms with E-state index in [0.717, 1.165) is 8.64 Å². The van der Waals surface area contributed by atoms with Gasteiger partial charge in [0, 0.05) is 28.2 Å². The van der Waals surface area contributed by atoms with Gasteiger partial charge in [-0.2, -0.15) is 0 Å². The van der Waals surface area contributed by atoms with Gasteiger partial charge >= 0.3 is 0 Å². The summed E-state index contributed by atoms with van der Waals surface area (Å²) in [7, 11) is 7.69. The van der Waals surface area contributed by atoms with E-state index >= 15 is 0 Å². The van der Waals surface area contributed by atoms with Crippen molar-refractivity contribution < 1.29 is 0 Å². The van der Waals surface area contributed by atoms with Gasteiger partial charge in [0.1, 0.15) is 8.64 Å². The predicted octanol–water partition coefficient (Wildman–Crippen LogP) is 1.52. The molecule has 0 aromatic rings. The zero-order valence-corrected chi connectivity index (χ0v) is 14.9. The maximum atomic E-state index is 5.14. The maximum Gasteiger partial charge on any atom is 0.167 e. The summed E-state index contributed by atoms with van der Waals surface area (Å²) >= 11 is 18.5. The molecule has 104 valence electrons. The summed E-state index contributed by atoms with van der Waals surface area (Å²) in [6, 6.07) is 0. The lowest BCUT2D eigenvalue weighted by molar-refractivity contribution is 0.648. The average molecular weight is 343 g/mol. The van der Waals surface area contributed by atoms with Crippen LogP contribution in [0.3, 0.4) is 0 Å². The van der Waals surface area contributed by atoms with E-state index in [1.54, 1.807) is 0 Å². The van der Waals surface area contributed by atoms with Crippen LogP contribution in [0.15, 0.2) is 0 Å². The normalized spacial score (nSPS) is 9.56. The largest absolute Gasteiger partial charge is 0.364 e. The molecule has 0 aromatic carbocycles. The molecule has 2 N–H and O–H groups in total. The second-order valence-electron chi connectivity index (χ2n) is 3.58. The van der Waals surface area contributed by atoms with Crippen LogP contribution in [0.2, 0.25) is 0 Å². The zero-order valence-electron chi connectivity index (χ0n) is 10.8. The quantitative estimate of drug-likeness (QED) is 0.583. The van der Waals surface area contributed by atoms with E-state index < -0.39 is 0 Å². The van der Waals surface area contributed by atoms with E-state index in [2.05, 4.69) is 10.6 Å². The van der Waals surface area contributed by atoms with E-state index in [1.165, 1.54) is 23.5 Å². The van der Waals surface area contributed by atoms with Crippen molar-refractivity contribution in [2.24, 2.45) is 0 Å². The van der Waals surface area contributed by atoms with Crippen molar-refractivity contribution in [2.45, 2.75) is 0 Å². The van der Waals surface area contributed by atoms with Crippen LogP contribution in [-0.2, 0) is 0 Å². The Hall–Kier alpha value is 0.170. The van der Waals surface area contributed by atoms with Crippen molar-refractivity contribution in [1.82, 2.24) is 20.4 Å². The first-order valence-corrected chi connectivity index (χ1v) is 8.24. The molecule has 9 heteroatoms. The van der Waals surface area contributed by atoms with Crippen molar-refractivity contribution in [1.29, 1.82) is 0 Å². The molecule has 0 heterocycles. The standard InChI is InChI=1S/C9H18N4S5/c1-12(2)8(15)17-5-10-7(14)11-6-18-9(16)13(3)4/h5-6H2,1-4H3,(H2,10,11,14). The molecule has 4 nitrogen and oxygen atoms in total. The lowest BCUT2D eigenvalue weighted by atomic mass is 11.0. The molecule has 0 radical (unpaired) electrons. The molecule has 0 bridgehead atoms. The number of nitrogens with one attached hydrogen (secondary N) is 2. The summed E-state index contributed by atoms with van der Waals surface area (Å²) in [6.45, 7) is 0. The van der Waals surface area contributed by atoms with Crippen LogP contribution in [0.4, 0.5) is 0 Å². The summed E-state index contributed by atoms with van der Waals surface area (Å²) in [5.74, 6) is 1.32. The molecule has 0 saturated heterocycles. The average Bonchev–Trinajstić information content (AvgIpc) is 2.28. The molecule has 0 atom stereocenters. The minimum atomic E-state index is 0.609. The summed E-state index contributed by atoms with van der Waals surface area (Å²) in [6.07, 6.45) is 0. The molecule has 0 aliphatic carbocycles. The van der Waals surface area contributed by atoms with Gasteiger partial charge in [-0.05, 0) is 12.2 Å². The lowest BCUT2D eigenvalue weighted by Gasteiger charge is -2.15. The van der Waals surface area contributed by atoms with Crippen LogP contribution in [0, 0.1) is 0 Å². The summed E-state index contributed by atoms with van der Waals surface area (Å²) < 4.78 is 1.65. The summed E-state index contributed by atoms with van der Waals surface area (Å²) in [5.41, 5.74) is 0. The SMILES string of the molecule is CN(C)C(=S)SCNC(=S)NCSC(=S)N(C)C. The van der Waals surface area contributed by atoms with Gasteiger partial charge < -0.3 is 20.4 Å². The van der Waals surface area contributed by atoms with Crippen molar-refractivity contribution >= 4 is 73.9 Å². The van der Waals surface area contributed by atoms with Gasteiger partial charge in [-0.1, -0.05) is 48.0 Å². The highest BCUT2D eigenvalue weighted by Gasteiger charge is 2.02. The lowest BCUT2D eigenvalue weighted by Crippen LogP contribution is -2.36. The van der Waals surface area contributed by atoms with Crippen LogP contribution in [-0.4, -0.2) is 63.5 Å². The third kappa shape index (κ3) is 9.15. The summed E-state index contributed by atoms with van der Waals surface area (Å²) in [4.78, 5) is 3.78. The van der Waals surface area contributed by atoms with Crippen molar-refractivity contribution in [2.75, 3.05) is 39.9 Å². The summed E-state index contributed by atoms with van der Waals surface area (Å²) in [5, 5.41) is 6.75. The van der Waals surface area contributed by atoms with E-state index in [0.29, 0.717) is 16.9 Å². The molecule has 18 heavy (non-hydrogen) atoms. The Labute approximate surface area is 134 Å². The number of hydrogen-bond acceptors (Lipinski definition) is 5.